The summed E-state index contributed by atoms with van der Waals surface area (Å²) < 4.78 is 33.9. The van der Waals surface area contributed by atoms with E-state index >= 15 is 0 Å². The average molecular weight is 607 g/mol. The van der Waals surface area contributed by atoms with Gasteiger partial charge in [-0.15, -0.1) is 0 Å². The van der Waals surface area contributed by atoms with Gasteiger partial charge in [0, 0.05) is 13.1 Å². The Bertz CT molecular complexity index is 1430. The van der Waals surface area contributed by atoms with Crippen LogP contribution in [0.5, 0.6) is 5.75 Å². The first kappa shape index (κ1) is 31.3. The first-order valence-corrected chi connectivity index (χ1v) is 14.9. The Kier molecular flexibility index (Phi) is 10.8. The molecule has 0 aromatic heterocycles. The van der Waals surface area contributed by atoms with Gasteiger partial charge >= 0.3 is 0 Å². The second-order valence-electron chi connectivity index (χ2n) is 9.59. The van der Waals surface area contributed by atoms with Crippen LogP contribution in [-0.2, 0) is 26.2 Å². The summed E-state index contributed by atoms with van der Waals surface area (Å²) in [5, 5.41) is 2.97. The molecule has 2 amide bonds. The minimum atomic E-state index is -4.25. The Hall–Kier alpha value is -3.27. The number of anilines is 1. The number of nitrogens with zero attached hydrogens (tertiary/aromatic N) is 2. The topological polar surface area (TPSA) is 96.0 Å². The first-order valence-electron chi connectivity index (χ1n) is 12.7. The Labute approximate surface area is 245 Å². The molecule has 3 aromatic rings. The van der Waals surface area contributed by atoms with Crippen LogP contribution >= 0.6 is 23.2 Å². The maximum atomic E-state index is 14.0. The number of methoxy groups -OCH3 is 1. The normalized spacial score (nSPS) is 12.1. The molecule has 214 valence electrons. The van der Waals surface area contributed by atoms with Crippen LogP contribution in [-0.4, -0.2) is 51.4 Å². The molecule has 0 aliphatic heterocycles. The number of hydrogen-bond acceptors (Lipinski definition) is 5. The first-order chi connectivity index (χ1) is 18.9. The highest BCUT2D eigenvalue weighted by molar-refractivity contribution is 7.92. The number of hydrogen-bond donors (Lipinski definition) is 1. The second-order valence-corrected chi connectivity index (χ2v) is 12.2. The van der Waals surface area contributed by atoms with E-state index in [0.717, 1.165) is 4.31 Å². The molecule has 0 heterocycles. The molecule has 40 heavy (non-hydrogen) atoms. The number of amides is 2. The average Bonchev–Trinajstić information content (AvgIpc) is 2.95. The highest BCUT2D eigenvalue weighted by atomic mass is 35.5. The summed E-state index contributed by atoms with van der Waals surface area (Å²) in [5.41, 5.74) is 0.749. The van der Waals surface area contributed by atoms with Crippen LogP contribution in [0.3, 0.4) is 0 Å². The Morgan fingerprint density at radius 2 is 1.62 bits per heavy atom. The zero-order chi connectivity index (χ0) is 29.4. The molecular formula is C29H33Cl2N3O5S. The van der Waals surface area contributed by atoms with Crippen molar-refractivity contribution in [3.05, 3.63) is 88.4 Å². The minimum Gasteiger partial charge on any atom is -0.497 e. The van der Waals surface area contributed by atoms with Crippen LogP contribution in [0.4, 0.5) is 5.69 Å². The summed E-state index contributed by atoms with van der Waals surface area (Å²) in [4.78, 5) is 28.4. The fraction of sp³-hybridized carbons (Fsp3) is 0.310. The third kappa shape index (κ3) is 7.68. The number of rotatable bonds is 12. The van der Waals surface area contributed by atoms with Gasteiger partial charge in [-0.2, -0.15) is 0 Å². The fourth-order valence-corrected chi connectivity index (χ4v) is 5.82. The Morgan fingerprint density at radius 1 is 0.950 bits per heavy atom. The lowest BCUT2D eigenvalue weighted by molar-refractivity contribution is -0.139. The monoisotopic (exact) mass is 605 g/mol. The van der Waals surface area contributed by atoms with Gasteiger partial charge in [0.15, 0.2) is 0 Å². The lowest BCUT2D eigenvalue weighted by Gasteiger charge is -2.32. The zero-order valence-electron chi connectivity index (χ0n) is 22.8. The molecule has 1 atom stereocenters. The number of sulfonamides is 1. The zero-order valence-corrected chi connectivity index (χ0v) is 25.1. The van der Waals surface area contributed by atoms with Crippen LogP contribution in [0, 0.1) is 5.92 Å². The summed E-state index contributed by atoms with van der Waals surface area (Å²) in [6.07, 6.45) is 0. The molecule has 0 spiro atoms. The summed E-state index contributed by atoms with van der Waals surface area (Å²) >= 11 is 12.7. The smallest absolute Gasteiger partial charge is 0.264 e. The maximum absolute atomic E-state index is 14.0. The second kappa shape index (κ2) is 13.9. The van der Waals surface area contributed by atoms with Gasteiger partial charge in [-0.3, -0.25) is 13.9 Å². The molecule has 1 N–H and O–H groups in total. The molecule has 0 radical (unpaired) electrons. The quantitative estimate of drug-likeness (QED) is 0.299. The van der Waals surface area contributed by atoms with Crippen molar-refractivity contribution in [3.8, 4) is 5.75 Å². The minimum absolute atomic E-state index is 0.0152. The van der Waals surface area contributed by atoms with Gasteiger partial charge < -0.3 is 15.0 Å². The molecule has 0 saturated heterocycles. The third-order valence-electron chi connectivity index (χ3n) is 6.15. The van der Waals surface area contributed by atoms with E-state index in [2.05, 4.69) is 5.32 Å². The van der Waals surface area contributed by atoms with Crippen molar-refractivity contribution in [2.75, 3.05) is 24.5 Å². The van der Waals surface area contributed by atoms with E-state index in [-0.39, 0.29) is 39.0 Å². The number of ether oxygens (including phenoxy) is 1. The molecule has 3 aromatic carbocycles. The van der Waals surface area contributed by atoms with Crippen LogP contribution < -0.4 is 14.4 Å². The number of halogens is 2. The van der Waals surface area contributed by atoms with Crippen LogP contribution in [0.1, 0.15) is 26.3 Å². The number of benzene rings is 3. The molecule has 0 bridgehead atoms. The maximum Gasteiger partial charge on any atom is 0.264 e. The largest absolute Gasteiger partial charge is 0.497 e. The van der Waals surface area contributed by atoms with Crippen molar-refractivity contribution < 1.29 is 22.7 Å². The molecular weight excluding hydrogens is 573 g/mol. The van der Waals surface area contributed by atoms with E-state index in [1.165, 1.54) is 36.3 Å². The molecule has 3 rings (SSSR count). The van der Waals surface area contributed by atoms with Gasteiger partial charge in [-0.05, 0) is 54.8 Å². The summed E-state index contributed by atoms with van der Waals surface area (Å²) in [5.74, 6) is -0.176. The van der Waals surface area contributed by atoms with Gasteiger partial charge in [0.05, 0.1) is 27.7 Å². The van der Waals surface area contributed by atoms with Crippen LogP contribution in [0.25, 0.3) is 0 Å². The predicted molar refractivity (Wildman–Crippen MR) is 158 cm³/mol. The van der Waals surface area contributed by atoms with Crippen molar-refractivity contribution in [1.29, 1.82) is 0 Å². The Morgan fingerprint density at radius 3 is 2.27 bits per heavy atom. The molecule has 0 saturated carbocycles. The lowest BCUT2D eigenvalue weighted by Crippen LogP contribution is -2.51. The fourth-order valence-electron chi connectivity index (χ4n) is 3.92. The van der Waals surface area contributed by atoms with Crippen molar-refractivity contribution >= 4 is 50.7 Å². The predicted octanol–water partition coefficient (Wildman–Crippen LogP) is 5.39. The molecule has 0 aliphatic carbocycles. The van der Waals surface area contributed by atoms with E-state index in [1.54, 1.807) is 55.5 Å². The summed E-state index contributed by atoms with van der Waals surface area (Å²) in [6.45, 7) is 5.38. The van der Waals surface area contributed by atoms with Crippen molar-refractivity contribution in [1.82, 2.24) is 10.2 Å². The van der Waals surface area contributed by atoms with E-state index in [4.69, 9.17) is 27.9 Å². The molecule has 11 heteroatoms. The number of nitrogens with one attached hydrogen (secondary N) is 1. The number of carbonyl (C=O) groups excluding carboxylic acids is 2. The molecule has 1 unspecified atom stereocenters. The van der Waals surface area contributed by atoms with Gasteiger partial charge in [0.1, 0.15) is 18.3 Å². The van der Waals surface area contributed by atoms with Crippen LogP contribution in [0.2, 0.25) is 10.0 Å². The van der Waals surface area contributed by atoms with Crippen LogP contribution in [0.15, 0.2) is 77.7 Å². The van der Waals surface area contributed by atoms with Gasteiger partial charge in [-0.1, -0.05) is 73.4 Å². The van der Waals surface area contributed by atoms with Gasteiger partial charge in [0.25, 0.3) is 10.0 Å². The standard InChI is InChI=1S/C29H33Cl2N3O5S/c1-20(2)17-32-29(36)21(3)33(18-22-10-8-11-23(16-22)39-4)27(35)19-34(26-15-9-14-25(30)28(26)31)40(37,38)24-12-6-5-7-13-24/h5-16,20-21H,17-19H2,1-4H3,(H,32,36). The van der Waals surface area contributed by atoms with E-state index in [1.807, 2.05) is 13.8 Å². The molecule has 8 nitrogen and oxygen atoms in total. The van der Waals surface area contributed by atoms with Crippen molar-refractivity contribution in [2.45, 2.75) is 38.3 Å². The van der Waals surface area contributed by atoms with E-state index < -0.39 is 28.5 Å². The van der Waals surface area contributed by atoms with Crippen molar-refractivity contribution in [3.63, 3.8) is 0 Å². The SMILES string of the molecule is COc1cccc(CN(C(=O)CN(c2cccc(Cl)c2Cl)S(=O)(=O)c2ccccc2)C(C)C(=O)NCC(C)C)c1. The summed E-state index contributed by atoms with van der Waals surface area (Å²) in [7, 11) is -2.72. The third-order valence-corrected chi connectivity index (χ3v) is 8.73. The van der Waals surface area contributed by atoms with Gasteiger partial charge in [-0.25, -0.2) is 8.42 Å². The van der Waals surface area contributed by atoms with E-state index in [9.17, 15) is 18.0 Å². The van der Waals surface area contributed by atoms with E-state index in [0.29, 0.717) is 17.9 Å². The Balaban J connectivity index is 2.05. The highest BCUT2D eigenvalue weighted by Crippen LogP contribution is 2.35. The lowest BCUT2D eigenvalue weighted by atomic mass is 10.1. The molecule has 0 fully saturated rings. The van der Waals surface area contributed by atoms with Crippen molar-refractivity contribution in [2.24, 2.45) is 5.92 Å². The number of carbonyl (C=O) groups is 2. The van der Waals surface area contributed by atoms with Gasteiger partial charge in [0.2, 0.25) is 11.8 Å². The molecule has 0 aliphatic rings. The summed E-state index contributed by atoms with van der Waals surface area (Å²) in [6, 6.07) is 18.5. The highest BCUT2D eigenvalue weighted by Gasteiger charge is 2.33.